The Morgan fingerprint density at radius 3 is 2.96 bits per heavy atom. The highest BCUT2D eigenvalue weighted by Crippen LogP contribution is 2.30. The molecule has 0 amide bonds. The van der Waals surface area contributed by atoms with Gasteiger partial charge in [-0.2, -0.15) is 5.26 Å². The molecule has 0 aromatic carbocycles. The van der Waals surface area contributed by atoms with E-state index >= 15 is 0 Å². The Morgan fingerprint density at radius 1 is 1.30 bits per heavy atom. The average Bonchev–Trinajstić information content (AvgIpc) is 3.33. The van der Waals surface area contributed by atoms with E-state index in [0.29, 0.717) is 12.1 Å². The number of nitrogens with zero attached hydrogens (tertiary/aromatic N) is 8. The van der Waals surface area contributed by atoms with Gasteiger partial charge in [-0.1, -0.05) is 0 Å². The molecule has 8 heteroatoms. The van der Waals surface area contributed by atoms with Gasteiger partial charge in [0.15, 0.2) is 5.82 Å². The average molecular weight is 362 g/mol. The fourth-order valence-electron chi connectivity index (χ4n) is 3.66. The molecule has 0 radical (unpaired) electrons. The minimum Gasteiger partial charge on any atom is -0.355 e. The van der Waals surface area contributed by atoms with Crippen molar-refractivity contribution in [1.82, 2.24) is 29.3 Å². The van der Waals surface area contributed by atoms with Gasteiger partial charge in [0.1, 0.15) is 17.7 Å². The van der Waals surface area contributed by atoms with Crippen LogP contribution in [0.15, 0.2) is 30.9 Å². The van der Waals surface area contributed by atoms with E-state index in [1.54, 1.807) is 12.5 Å². The van der Waals surface area contributed by atoms with E-state index < -0.39 is 0 Å². The van der Waals surface area contributed by atoms with Crippen molar-refractivity contribution in [3.05, 3.63) is 53.8 Å². The Hall–Kier alpha value is -3.21. The lowest BCUT2D eigenvalue weighted by Gasteiger charge is -2.33. The molecule has 1 fully saturated rings. The summed E-state index contributed by atoms with van der Waals surface area (Å²) in [6.45, 7) is 4.30. The van der Waals surface area contributed by atoms with Gasteiger partial charge in [0.25, 0.3) is 0 Å². The number of anilines is 1. The zero-order chi connectivity index (χ0) is 18.8. The van der Waals surface area contributed by atoms with Gasteiger partial charge in [-0.05, 0) is 31.9 Å². The summed E-state index contributed by atoms with van der Waals surface area (Å²) in [5.74, 6) is 2.94. The number of imidazole rings is 1. The number of pyridine rings is 1. The number of piperidine rings is 1. The van der Waals surface area contributed by atoms with E-state index in [4.69, 9.17) is 0 Å². The smallest absolute Gasteiger partial charge is 0.152 e. The maximum absolute atomic E-state index is 9.44. The molecular formula is C19H22N8. The van der Waals surface area contributed by atoms with Crippen LogP contribution in [-0.4, -0.2) is 42.4 Å². The Bertz CT molecular complexity index is 966. The summed E-state index contributed by atoms with van der Waals surface area (Å²) in [5.41, 5.74) is 1.55. The van der Waals surface area contributed by atoms with Crippen molar-refractivity contribution in [2.24, 2.45) is 7.05 Å². The maximum Gasteiger partial charge on any atom is 0.152 e. The van der Waals surface area contributed by atoms with Crippen LogP contribution in [0.2, 0.25) is 0 Å². The predicted molar refractivity (Wildman–Crippen MR) is 100 cm³/mol. The normalized spacial score (nSPS) is 17.1. The summed E-state index contributed by atoms with van der Waals surface area (Å²) in [4.78, 5) is 10.9. The molecule has 3 aromatic heterocycles. The molecule has 1 atom stereocenters. The van der Waals surface area contributed by atoms with Crippen LogP contribution >= 0.6 is 0 Å². The number of rotatable bonds is 4. The van der Waals surface area contributed by atoms with Crippen molar-refractivity contribution < 1.29 is 0 Å². The highest BCUT2D eigenvalue weighted by atomic mass is 15.3. The van der Waals surface area contributed by atoms with Crippen LogP contribution in [-0.2, 0) is 13.6 Å². The van der Waals surface area contributed by atoms with Gasteiger partial charge in [-0.15, -0.1) is 10.2 Å². The number of hydrogen-bond donors (Lipinski definition) is 0. The van der Waals surface area contributed by atoms with E-state index in [2.05, 4.69) is 35.7 Å². The summed E-state index contributed by atoms with van der Waals surface area (Å²) >= 11 is 0. The molecule has 8 nitrogen and oxygen atoms in total. The van der Waals surface area contributed by atoms with Gasteiger partial charge in [0.05, 0.1) is 18.4 Å². The Kier molecular flexibility index (Phi) is 4.59. The summed E-state index contributed by atoms with van der Waals surface area (Å²) in [6, 6.07) is 6.01. The zero-order valence-corrected chi connectivity index (χ0v) is 15.6. The predicted octanol–water partition coefficient (Wildman–Crippen LogP) is 2.02. The third-order valence-corrected chi connectivity index (χ3v) is 5.10. The first-order valence-electron chi connectivity index (χ1n) is 9.12. The third-order valence-electron chi connectivity index (χ3n) is 5.10. The van der Waals surface area contributed by atoms with Crippen LogP contribution in [0.5, 0.6) is 0 Å². The summed E-state index contributed by atoms with van der Waals surface area (Å²) < 4.78 is 4.07. The lowest BCUT2D eigenvalue weighted by molar-refractivity contribution is 0.475. The van der Waals surface area contributed by atoms with Gasteiger partial charge < -0.3 is 14.0 Å². The molecule has 4 heterocycles. The molecular weight excluding hydrogens is 340 g/mol. The van der Waals surface area contributed by atoms with Crippen LogP contribution in [0, 0.1) is 18.3 Å². The SMILES string of the molecule is Cc1ccc(C#N)c(N2CCC[C@@H](c3nnc(Cn4ccnc4)n3C)C2)n1. The highest BCUT2D eigenvalue weighted by Gasteiger charge is 2.27. The standard InChI is InChI=1S/C19H22N8/c1-14-5-6-15(10-20)18(22-14)27-8-3-4-16(11-27)19-24-23-17(25(19)2)12-26-9-7-21-13-26/h5-7,9,13,16H,3-4,8,11-12H2,1-2H3/t16-/m1/s1. The van der Waals surface area contributed by atoms with Crippen LogP contribution in [0.4, 0.5) is 5.82 Å². The fraction of sp³-hybridized carbons (Fsp3) is 0.421. The van der Waals surface area contributed by atoms with Crippen LogP contribution in [0.1, 0.15) is 41.7 Å². The van der Waals surface area contributed by atoms with Crippen LogP contribution < -0.4 is 4.90 Å². The Morgan fingerprint density at radius 2 is 2.19 bits per heavy atom. The molecule has 0 unspecified atom stereocenters. The molecule has 4 rings (SSSR count). The second-order valence-corrected chi connectivity index (χ2v) is 6.99. The Labute approximate surface area is 158 Å². The third kappa shape index (κ3) is 3.40. The van der Waals surface area contributed by atoms with Gasteiger partial charge in [-0.3, -0.25) is 0 Å². The molecule has 0 spiro atoms. The molecule has 27 heavy (non-hydrogen) atoms. The summed E-state index contributed by atoms with van der Waals surface area (Å²) in [6.07, 6.45) is 7.56. The highest BCUT2D eigenvalue weighted by molar-refractivity contribution is 5.54. The molecule has 0 saturated carbocycles. The van der Waals surface area contributed by atoms with Gasteiger partial charge in [0.2, 0.25) is 0 Å². The first-order valence-corrected chi connectivity index (χ1v) is 9.12. The first-order chi connectivity index (χ1) is 13.2. The molecule has 0 bridgehead atoms. The van der Waals surface area contributed by atoms with Crippen molar-refractivity contribution in [1.29, 1.82) is 5.26 Å². The van der Waals surface area contributed by atoms with Crippen molar-refractivity contribution >= 4 is 5.82 Å². The molecule has 1 aliphatic rings. The van der Waals surface area contributed by atoms with Gasteiger partial charge in [-0.25, -0.2) is 9.97 Å². The number of aromatic nitrogens is 6. The number of hydrogen-bond acceptors (Lipinski definition) is 6. The minimum atomic E-state index is 0.265. The van der Waals surface area contributed by atoms with E-state index in [-0.39, 0.29) is 5.92 Å². The molecule has 1 aliphatic heterocycles. The van der Waals surface area contributed by atoms with Gasteiger partial charge in [0, 0.05) is 44.1 Å². The fourth-order valence-corrected chi connectivity index (χ4v) is 3.66. The first kappa shape index (κ1) is 17.2. The van der Waals surface area contributed by atoms with Crippen molar-refractivity contribution in [3.63, 3.8) is 0 Å². The monoisotopic (exact) mass is 362 g/mol. The second kappa shape index (κ2) is 7.19. The second-order valence-electron chi connectivity index (χ2n) is 6.99. The lowest BCUT2D eigenvalue weighted by atomic mass is 9.96. The number of aryl methyl sites for hydroxylation is 1. The molecule has 1 saturated heterocycles. The van der Waals surface area contributed by atoms with E-state index in [0.717, 1.165) is 49.1 Å². The largest absolute Gasteiger partial charge is 0.355 e. The van der Waals surface area contributed by atoms with Gasteiger partial charge >= 0.3 is 0 Å². The maximum atomic E-state index is 9.44. The van der Waals surface area contributed by atoms with Crippen LogP contribution in [0.3, 0.4) is 0 Å². The minimum absolute atomic E-state index is 0.265. The van der Waals surface area contributed by atoms with E-state index in [1.807, 2.05) is 36.9 Å². The van der Waals surface area contributed by atoms with Crippen molar-refractivity contribution in [3.8, 4) is 6.07 Å². The van der Waals surface area contributed by atoms with E-state index in [9.17, 15) is 5.26 Å². The molecule has 0 N–H and O–H groups in total. The molecule has 3 aromatic rings. The quantitative estimate of drug-likeness (QED) is 0.705. The zero-order valence-electron chi connectivity index (χ0n) is 15.6. The van der Waals surface area contributed by atoms with Crippen molar-refractivity contribution in [2.75, 3.05) is 18.0 Å². The lowest BCUT2D eigenvalue weighted by Crippen LogP contribution is -2.36. The van der Waals surface area contributed by atoms with E-state index in [1.165, 1.54) is 0 Å². The molecule has 138 valence electrons. The Balaban J connectivity index is 1.56. The summed E-state index contributed by atoms with van der Waals surface area (Å²) in [5, 5.41) is 18.3. The summed E-state index contributed by atoms with van der Waals surface area (Å²) in [7, 11) is 2.02. The molecule has 0 aliphatic carbocycles. The van der Waals surface area contributed by atoms with Crippen LogP contribution in [0.25, 0.3) is 0 Å². The van der Waals surface area contributed by atoms with Crippen molar-refractivity contribution in [2.45, 2.75) is 32.2 Å². The number of nitriles is 1. The topological polar surface area (TPSA) is 88.5 Å².